The van der Waals surface area contributed by atoms with E-state index in [1.54, 1.807) is 11.8 Å². The van der Waals surface area contributed by atoms with Crippen LogP contribution < -0.4 is 5.32 Å². The number of aromatic nitrogens is 1. The van der Waals surface area contributed by atoms with Crippen molar-refractivity contribution in [2.24, 2.45) is 0 Å². The molecule has 0 aliphatic heterocycles. The molecule has 23 heavy (non-hydrogen) atoms. The van der Waals surface area contributed by atoms with Gasteiger partial charge in [-0.2, -0.15) is 0 Å². The van der Waals surface area contributed by atoms with E-state index >= 15 is 0 Å². The normalized spacial score (nSPS) is 10.5. The smallest absolute Gasteiger partial charge is 0.257 e. The maximum Gasteiger partial charge on any atom is 0.257 e. The Hall–Kier alpha value is -2.18. The molecule has 0 aliphatic carbocycles. The highest BCUT2D eigenvalue weighted by Gasteiger charge is 2.09. The number of benzene rings is 2. The number of halogens is 1. The summed E-state index contributed by atoms with van der Waals surface area (Å²) >= 11 is 3.07. The van der Waals surface area contributed by atoms with E-state index in [2.05, 4.69) is 10.3 Å². The second kappa shape index (κ2) is 7.39. The third-order valence-corrected chi connectivity index (χ3v) is 4.86. The third kappa shape index (κ3) is 4.40. The summed E-state index contributed by atoms with van der Waals surface area (Å²) in [5.74, 6) is 0.0880. The SMILES string of the molecule is O=C(Nc1nc(CSc2ccccc2)cs1)c1ccc(F)cc1. The van der Waals surface area contributed by atoms with Crippen molar-refractivity contribution in [2.75, 3.05) is 5.32 Å². The van der Waals surface area contributed by atoms with Gasteiger partial charge in [-0.3, -0.25) is 10.1 Å². The quantitative estimate of drug-likeness (QED) is 0.674. The van der Waals surface area contributed by atoms with Gasteiger partial charge in [-0.15, -0.1) is 23.1 Å². The average Bonchev–Trinajstić information content (AvgIpc) is 3.02. The molecular formula is C17H13FN2OS2. The molecule has 3 aromatic rings. The van der Waals surface area contributed by atoms with E-state index in [9.17, 15) is 9.18 Å². The van der Waals surface area contributed by atoms with Crippen LogP contribution >= 0.6 is 23.1 Å². The highest BCUT2D eigenvalue weighted by Crippen LogP contribution is 2.25. The number of anilines is 1. The van der Waals surface area contributed by atoms with Gasteiger partial charge in [-0.1, -0.05) is 18.2 Å². The molecule has 0 aliphatic rings. The minimum atomic E-state index is -0.365. The van der Waals surface area contributed by atoms with E-state index in [-0.39, 0.29) is 11.7 Å². The Kier molecular flexibility index (Phi) is 5.05. The first-order chi connectivity index (χ1) is 11.2. The molecule has 0 bridgehead atoms. The molecule has 116 valence electrons. The standard InChI is InChI=1S/C17H13FN2OS2/c18-13-8-6-12(7-9-13)16(21)20-17-19-14(11-23-17)10-22-15-4-2-1-3-5-15/h1-9,11H,10H2,(H,19,20,21). The summed E-state index contributed by atoms with van der Waals surface area (Å²) in [6.07, 6.45) is 0. The summed E-state index contributed by atoms with van der Waals surface area (Å²) in [7, 11) is 0. The summed E-state index contributed by atoms with van der Waals surface area (Å²) < 4.78 is 12.9. The molecular weight excluding hydrogens is 331 g/mol. The van der Waals surface area contributed by atoms with Gasteiger partial charge in [0.2, 0.25) is 0 Å². The maximum atomic E-state index is 12.9. The van der Waals surface area contributed by atoms with Gasteiger partial charge in [0.1, 0.15) is 5.82 Å². The van der Waals surface area contributed by atoms with Crippen LogP contribution in [0.5, 0.6) is 0 Å². The van der Waals surface area contributed by atoms with Crippen LogP contribution in [-0.4, -0.2) is 10.9 Å². The first-order valence-electron chi connectivity index (χ1n) is 6.90. The lowest BCUT2D eigenvalue weighted by Crippen LogP contribution is -2.11. The fourth-order valence-corrected chi connectivity index (χ4v) is 3.50. The van der Waals surface area contributed by atoms with E-state index in [0.717, 1.165) is 11.4 Å². The molecule has 1 aromatic heterocycles. The van der Waals surface area contributed by atoms with Gasteiger partial charge >= 0.3 is 0 Å². The minimum Gasteiger partial charge on any atom is -0.298 e. The zero-order valence-electron chi connectivity index (χ0n) is 12.0. The van der Waals surface area contributed by atoms with Crippen LogP contribution in [0.1, 0.15) is 16.1 Å². The van der Waals surface area contributed by atoms with Crippen molar-refractivity contribution in [3.8, 4) is 0 Å². The van der Waals surface area contributed by atoms with E-state index in [1.165, 1.54) is 40.5 Å². The topological polar surface area (TPSA) is 42.0 Å². The third-order valence-electron chi connectivity index (χ3n) is 3.01. The molecule has 6 heteroatoms. The number of nitrogens with one attached hydrogen (secondary N) is 1. The fourth-order valence-electron chi connectivity index (χ4n) is 1.88. The molecule has 2 aromatic carbocycles. The Morgan fingerprint density at radius 2 is 1.87 bits per heavy atom. The first kappa shape index (κ1) is 15.7. The molecule has 1 N–H and O–H groups in total. The van der Waals surface area contributed by atoms with Crippen molar-refractivity contribution in [3.63, 3.8) is 0 Å². The molecule has 0 unspecified atom stereocenters. The molecule has 0 saturated heterocycles. The molecule has 0 spiro atoms. The number of nitrogens with zero attached hydrogens (tertiary/aromatic N) is 1. The van der Waals surface area contributed by atoms with Crippen molar-refractivity contribution >= 4 is 34.1 Å². The van der Waals surface area contributed by atoms with Crippen LogP contribution in [0, 0.1) is 5.82 Å². The van der Waals surface area contributed by atoms with Gasteiger partial charge in [-0.05, 0) is 36.4 Å². The summed E-state index contributed by atoms with van der Waals surface area (Å²) in [6.45, 7) is 0. The number of thioether (sulfide) groups is 1. The van der Waals surface area contributed by atoms with Crippen LogP contribution in [-0.2, 0) is 5.75 Å². The lowest BCUT2D eigenvalue weighted by atomic mass is 10.2. The van der Waals surface area contributed by atoms with Crippen molar-refractivity contribution in [2.45, 2.75) is 10.6 Å². The Labute approximate surface area is 141 Å². The molecule has 0 fully saturated rings. The average molecular weight is 344 g/mol. The van der Waals surface area contributed by atoms with E-state index < -0.39 is 0 Å². The van der Waals surface area contributed by atoms with E-state index in [0.29, 0.717) is 10.7 Å². The van der Waals surface area contributed by atoms with E-state index in [4.69, 9.17) is 0 Å². The highest BCUT2D eigenvalue weighted by atomic mass is 32.2. The predicted molar refractivity (Wildman–Crippen MR) is 92.5 cm³/mol. The number of hydrogen-bond acceptors (Lipinski definition) is 4. The number of hydrogen-bond donors (Lipinski definition) is 1. The number of carbonyl (C=O) groups is 1. The summed E-state index contributed by atoms with van der Waals surface area (Å²) in [5.41, 5.74) is 1.32. The predicted octanol–water partition coefficient (Wildman–Crippen LogP) is 4.83. The van der Waals surface area contributed by atoms with Crippen LogP contribution in [0.15, 0.2) is 64.9 Å². The zero-order valence-corrected chi connectivity index (χ0v) is 13.7. The Bertz CT molecular complexity index is 788. The molecule has 3 nitrogen and oxygen atoms in total. The Morgan fingerprint density at radius 3 is 2.61 bits per heavy atom. The van der Waals surface area contributed by atoms with Crippen molar-refractivity contribution in [1.82, 2.24) is 4.98 Å². The second-order valence-corrected chi connectivity index (χ2v) is 6.61. The molecule has 1 amide bonds. The van der Waals surface area contributed by atoms with Crippen molar-refractivity contribution in [3.05, 3.63) is 77.1 Å². The first-order valence-corrected chi connectivity index (χ1v) is 8.76. The zero-order chi connectivity index (χ0) is 16.1. The van der Waals surface area contributed by atoms with Crippen molar-refractivity contribution < 1.29 is 9.18 Å². The number of thiazole rings is 1. The highest BCUT2D eigenvalue weighted by molar-refractivity contribution is 7.98. The molecule has 0 radical (unpaired) electrons. The largest absolute Gasteiger partial charge is 0.298 e. The van der Waals surface area contributed by atoms with Crippen LogP contribution in [0.4, 0.5) is 9.52 Å². The number of rotatable bonds is 5. The van der Waals surface area contributed by atoms with Crippen LogP contribution in [0.3, 0.4) is 0 Å². The van der Waals surface area contributed by atoms with Gasteiger partial charge in [-0.25, -0.2) is 9.37 Å². The van der Waals surface area contributed by atoms with Gasteiger partial charge in [0, 0.05) is 21.6 Å². The maximum absolute atomic E-state index is 12.9. The molecule has 0 saturated carbocycles. The Balaban J connectivity index is 1.58. The molecule has 0 atom stereocenters. The van der Waals surface area contributed by atoms with Gasteiger partial charge in [0.05, 0.1) is 5.69 Å². The minimum absolute atomic E-state index is 0.290. The van der Waals surface area contributed by atoms with E-state index in [1.807, 2.05) is 35.7 Å². The molecule has 3 rings (SSSR count). The van der Waals surface area contributed by atoms with Crippen molar-refractivity contribution in [1.29, 1.82) is 0 Å². The lowest BCUT2D eigenvalue weighted by molar-refractivity contribution is 0.102. The second-order valence-electron chi connectivity index (χ2n) is 4.71. The van der Waals surface area contributed by atoms with Gasteiger partial charge in [0.25, 0.3) is 5.91 Å². The fraction of sp³-hybridized carbons (Fsp3) is 0.0588. The van der Waals surface area contributed by atoms with Gasteiger partial charge < -0.3 is 0 Å². The summed E-state index contributed by atoms with van der Waals surface area (Å²) in [5, 5.41) is 5.20. The Morgan fingerprint density at radius 1 is 1.13 bits per heavy atom. The van der Waals surface area contributed by atoms with Crippen LogP contribution in [0.2, 0.25) is 0 Å². The number of amides is 1. The number of carbonyl (C=O) groups excluding carboxylic acids is 1. The van der Waals surface area contributed by atoms with Crippen LogP contribution in [0.25, 0.3) is 0 Å². The lowest BCUT2D eigenvalue weighted by Gasteiger charge is -2.01. The van der Waals surface area contributed by atoms with Gasteiger partial charge in [0.15, 0.2) is 5.13 Å². The molecule has 1 heterocycles. The summed E-state index contributed by atoms with van der Waals surface area (Å²) in [4.78, 5) is 17.6. The summed E-state index contributed by atoms with van der Waals surface area (Å²) in [6, 6.07) is 15.5. The monoisotopic (exact) mass is 344 g/mol.